The van der Waals surface area contributed by atoms with E-state index < -0.39 is 17.5 Å². The van der Waals surface area contributed by atoms with Crippen molar-refractivity contribution in [3.05, 3.63) is 34.6 Å². The smallest absolute Gasteiger partial charge is 0.407 e. The van der Waals surface area contributed by atoms with Gasteiger partial charge in [-0.2, -0.15) is 0 Å². The van der Waals surface area contributed by atoms with E-state index in [4.69, 9.17) is 22.1 Å². The number of amides is 1. The number of hydrogen-bond acceptors (Lipinski definition) is 3. The Labute approximate surface area is 123 Å². The molecule has 0 aliphatic heterocycles. The summed E-state index contributed by atoms with van der Waals surface area (Å²) in [5, 5.41) is 2.91. The predicted octanol–water partition coefficient (Wildman–Crippen LogP) is 3.05. The Hall–Kier alpha value is -1.33. The third kappa shape index (κ3) is 5.35. The van der Waals surface area contributed by atoms with Crippen LogP contribution < -0.4 is 11.1 Å². The third-order valence-electron chi connectivity index (χ3n) is 2.58. The second kappa shape index (κ2) is 6.90. The molecule has 0 bridgehead atoms. The fourth-order valence-electron chi connectivity index (χ4n) is 1.67. The molecule has 1 amide bonds. The van der Waals surface area contributed by atoms with E-state index in [9.17, 15) is 9.18 Å². The van der Waals surface area contributed by atoms with E-state index in [-0.39, 0.29) is 19.0 Å². The minimum absolute atomic E-state index is 0.198. The SMILES string of the molecule is CC(C)(C)OC(=O)NCC(CN)c1ccc(Cl)cc1F. The molecule has 1 unspecified atom stereocenters. The first-order valence-electron chi connectivity index (χ1n) is 6.35. The lowest BCUT2D eigenvalue weighted by atomic mass is 9.99. The van der Waals surface area contributed by atoms with Crippen LogP contribution in [-0.2, 0) is 4.74 Å². The summed E-state index contributed by atoms with van der Waals surface area (Å²) in [7, 11) is 0. The fourth-order valence-corrected chi connectivity index (χ4v) is 1.83. The van der Waals surface area contributed by atoms with E-state index >= 15 is 0 Å². The van der Waals surface area contributed by atoms with Crippen LogP contribution in [0.15, 0.2) is 18.2 Å². The van der Waals surface area contributed by atoms with Crippen LogP contribution >= 0.6 is 11.6 Å². The monoisotopic (exact) mass is 302 g/mol. The van der Waals surface area contributed by atoms with E-state index in [1.165, 1.54) is 6.07 Å². The number of ether oxygens (including phenoxy) is 1. The number of benzene rings is 1. The lowest BCUT2D eigenvalue weighted by Gasteiger charge is -2.22. The maximum Gasteiger partial charge on any atom is 0.407 e. The van der Waals surface area contributed by atoms with Gasteiger partial charge >= 0.3 is 6.09 Å². The molecule has 0 aliphatic carbocycles. The quantitative estimate of drug-likeness (QED) is 0.898. The summed E-state index contributed by atoms with van der Waals surface area (Å²) < 4.78 is 18.9. The van der Waals surface area contributed by atoms with Gasteiger partial charge in [-0.05, 0) is 38.5 Å². The van der Waals surface area contributed by atoms with E-state index in [1.54, 1.807) is 32.9 Å². The van der Waals surface area contributed by atoms with Crippen molar-refractivity contribution in [1.29, 1.82) is 0 Å². The molecule has 1 aromatic carbocycles. The number of alkyl carbamates (subject to hydrolysis) is 1. The highest BCUT2D eigenvalue weighted by Crippen LogP contribution is 2.21. The van der Waals surface area contributed by atoms with Gasteiger partial charge in [0, 0.05) is 24.0 Å². The third-order valence-corrected chi connectivity index (χ3v) is 2.81. The van der Waals surface area contributed by atoms with Crippen LogP contribution in [0.2, 0.25) is 5.02 Å². The molecule has 0 aromatic heterocycles. The number of carbonyl (C=O) groups is 1. The maximum atomic E-state index is 13.8. The lowest BCUT2D eigenvalue weighted by molar-refractivity contribution is 0.0524. The van der Waals surface area contributed by atoms with Gasteiger partial charge < -0.3 is 15.8 Å². The van der Waals surface area contributed by atoms with Crippen molar-refractivity contribution in [2.45, 2.75) is 32.3 Å². The summed E-state index contributed by atoms with van der Waals surface area (Å²) in [6, 6.07) is 4.40. The normalized spacial score (nSPS) is 12.9. The molecule has 0 saturated carbocycles. The van der Waals surface area contributed by atoms with Gasteiger partial charge in [0.15, 0.2) is 0 Å². The molecule has 3 N–H and O–H groups in total. The molecule has 20 heavy (non-hydrogen) atoms. The van der Waals surface area contributed by atoms with Crippen LogP contribution in [0.5, 0.6) is 0 Å². The molecule has 1 rings (SSSR count). The van der Waals surface area contributed by atoms with Crippen LogP contribution in [0.1, 0.15) is 32.3 Å². The molecule has 0 aliphatic rings. The zero-order valence-corrected chi connectivity index (χ0v) is 12.6. The van der Waals surface area contributed by atoms with E-state index in [1.807, 2.05) is 0 Å². The van der Waals surface area contributed by atoms with Gasteiger partial charge in [0.05, 0.1) is 0 Å². The second-order valence-electron chi connectivity index (χ2n) is 5.48. The highest BCUT2D eigenvalue weighted by atomic mass is 35.5. The first-order chi connectivity index (χ1) is 9.23. The van der Waals surface area contributed by atoms with Crippen molar-refractivity contribution in [3.63, 3.8) is 0 Å². The molecular formula is C14H20ClFN2O2. The second-order valence-corrected chi connectivity index (χ2v) is 5.92. The number of nitrogens with two attached hydrogens (primary N) is 1. The highest BCUT2D eigenvalue weighted by Gasteiger charge is 2.19. The van der Waals surface area contributed by atoms with E-state index in [0.717, 1.165) is 0 Å². The first kappa shape index (κ1) is 16.7. The summed E-state index contributed by atoms with van der Waals surface area (Å²) in [4.78, 5) is 11.6. The molecule has 0 spiro atoms. The Morgan fingerprint density at radius 2 is 2.15 bits per heavy atom. The van der Waals surface area contributed by atoms with Gasteiger partial charge in [-0.3, -0.25) is 0 Å². The minimum atomic E-state index is -0.576. The first-order valence-corrected chi connectivity index (χ1v) is 6.72. The highest BCUT2D eigenvalue weighted by molar-refractivity contribution is 6.30. The Bertz CT molecular complexity index is 475. The number of hydrogen-bond donors (Lipinski definition) is 2. The van der Waals surface area contributed by atoms with Crippen molar-refractivity contribution in [1.82, 2.24) is 5.32 Å². The summed E-state index contributed by atoms with van der Waals surface area (Å²) >= 11 is 5.70. The largest absolute Gasteiger partial charge is 0.444 e. The van der Waals surface area contributed by atoms with Crippen LogP contribution in [0, 0.1) is 5.82 Å². The summed E-state index contributed by atoms with van der Waals surface area (Å²) in [6.07, 6.45) is -0.551. The number of carbonyl (C=O) groups excluding carboxylic acids is 1. The van der Waals surface area contributed by atoms with Crippen molar-refractivity contribution in [3.8, 4) is 0 Å². The Balaban J connectivity index is 2.66. The molecule has 1 aromatic rings. The number of nitrogens with one attached hydrogen (secondary N) is 1. The lowest BCUT2D eigenvalue weighted by Crippen LogP contribution is -2.36. The summed E-state index contributed by atoms with van der Waals surface area (Å²) in [5.41, 5.74) is 5.48. The average molecular weight is 303 g/mol. The number of halogens is 2. The minimum Gasteiger partial charge on any atom is -0.444 e. The fraction of sp³-hybridized carbons (Fsp3) is 0.500. The van der Waals surface area contributed by atoms with E-state index in [2.05, 4.69) is 5.32 Å². The van der Waals surface area contributed by atoms with Gasteiger partial charge in [0.2, 0.25) is 0 Å². The molecule has 0 fully saturated rings. The molecule has 112 valence electrons. The van der Waals surface area contributed by atoms with Crippen LogP contribution in [-0.4, -0.2) is 24.8 Å². The topological polar surface area (TPSA) is 64.3 Å². The molecule has 1 atom stereocenters. The number of rotatable bonds is 4. The Morgan fingerprint density at radius 1 is 1.50 bits per heavy atom. The predicted molar refractivity (Wildman–Crippen MR) is 77.4 cm³/mol. The van der Waals surface area contributed by atoms with Gasteiger partial charge in [0.1, 0.15) is 11.4 Å². The summed E-state index contributed by atoms with van der Waals surface area (Å²) in [5.74, 6) is -0.765. The molecule has 0 radical (unpaired) electrons. The zero-order valence-electron chi connectivity index (χ0n) is 11.9. The van der Waals surface area contributed by atoms with Crippen LogP contribution in [0.3, 0.4) is 0 Å². The van der Waals surface area contributed by atoms with Crippen LogP contribution in [0.4, 0.5) is 9.18 Å². The van der Waals surface area contributed by atoms with Gasteiger partial charge in [-0.15, -0.1) is 0 Å². The maximum absolute atomic E-state index is 13.8. The summed E-state index contributed by atoms with van der Waals surface area (Å²) in [6.45, 7) is 5.71. The van der Waals surface area contributed by atoms with Crippen molar-refractivity contribution < 1.29 is 13.9 Å². The van der Waals surface area contributed by atoms with Crippen molar-refractivity contribution in [2.75, 3.05) is 13.1 Å². The zero-order chi connectivity index (χ0) is 15.3. The van der Waals surface area contributed by atoms with Crippen molar-refractivity contribution in [2.24, 2.45) is 5.73 Å². The average Bonchev–Trinajstić information content (AvgIpc) is 2.29. The van der Waals surface area contributed by atoms with E-state index in [0.29, 0.717) is 10.6 Å². The Kier molecular flexibility index (Phi) is 5.77. The molecular weight excluding hydrogens is 283 g/mol. The van der Waals surface area contributed by atoms with Crippen molar-refractivity contribution >= 4 is 17.7 Å². The standard InChI is InChI=1S/C14H20ClFN2O2/c1-14(2,3)20-13(19)18-8-9(7-17)11-5-4-10(15)6-12(11)16/h4-6,9H,7-8,17H2,1-3H3,(H,18,19). The molecule has 6 heteroatoms. The van der Waals surface area contributed by atoms with Crippen LogP contribution in [0.25, 0.3) is 0 Å². The van der Waals surface area contributed by atoms with Gasteiger partial charge in [0.25, 0.3) is 0 Å². The molecule has 0 saturated heterocycles. The molecule has 4 nitrogen and oxygen atoms in total. The molecule has 0 heterocycles. The Morgan fingerprint density at radius 3 is 2.65 bits per heavy atom. The van der Waals surface area contributed by atoms with Gasteiger partial charge in [-0.25, -0.2) is 9.18 Å². The van der Waals surface area contributed by atoms with Gasteiger partial charge in [-0.1, -0.05) is 17.7 Å².